The Kier molecular flexibility index (Phi) is 5.89. The molecule has 8 heteroatoms. The number of alkyl halides is 3. The van der Waals surface area contributed by atoms with Gasteiger partial charge in [0, 0.05) is 19.1 Å². The number of aliphatic hydroxyl groups excluding tert-OH is 1. The van der Waals surface area contributed by atoms with Gasteiger partial charge in [0.2, 0.25) is 0 Å². The van der Waals surface area contributed by atoms with Gasteiger partial charge in [0.1, 0.15) is 0 Å². The maximum atomic E-state index is 13.6. The van der Waals surface area contributed by atoms with Gasteiger partial charge in [-0.05, 0) is 55.2 Å². The third kappa shape index (κ3) is 4.55. The molecular formula is C21H23F4NO3. The zero-order valence-corrected chi connectivity index (χ0v) is 15.8. The van der Waals surface area contributed by atoms with Gasteiger partial charge in [-0.1, -0.05) is 18.2 Å². The van der Waals surface area contributed by atoms with E-state index in [4.69, 9.17) is 0 Å². The topological polar surface area (TPSA) is 63.9 Å². The molecule has 0 spiro atoms. The number of hydrogen-bond donors (Lipinski definition) is 3. The summed E-state index contributed by atoms with van der Waals surface area (Å²) in [6, 6.07) is 7.86. The molecule has 0 saturated carbocycles. The van der Waals surface area contributed by atoms with Gasteiger partial charge in [0.05, 0.1) is 17.3 Å². The van der Waals surface area contributed by atoms with Gasteiger partial charge in [-0.2, -0.15) is 13.2 Å². The minimum atomic E-state index is -4.43. The van der Waals surface area contributed by atoms with E-state index < -0.39 is 35.0 Å². The predicted molar refractivity (Wildman–Crippen MR) is 98.6 cm³/mol. The van der Waals surface area contributed by atoms with E-state index in [1.165, 1.54) is 24.3 Å². The summed E-state index contributed by atoms with van der Waals surface area (Å²) >= 11 is 0. The standard InChI is InChI=1S/C21H23F4NO3/c1-13(19(28)14-2-7-18(27)17(22)12-14)26-10-8-20(29,9-11-26)15-3-5-16(6-4-15)21(23,24)25/h2-7,12-13,19,27-29H,8-11H2,1H3/t13-,19+/m1/s1. The summed E-state index contributed by atoms with van der Waals surface area (Å²) in [5, 5.41) is 30.7. The van der Waals surface area contributed by atoms with Crippen molar-refractivity contribution in [3.63, 3.8) is 0 Å². The molecule has 2 aromatic rings. The first kappa shape index (κ1) is 21.5. The smallest absolute Gasteiger partial charge is 0.416 e. The van der Waals surface area contributed by atoms with E-state index in [0.717, 1.165) is 18.2 Å². The first-order chi connectivity index (χ1) is 13.5. The van der Waals surface area contributed by atoms with Gasteiger partial charge in [0.15, 0.2) is 11.6 Å². The van der Waals surface area contributed by atoms with Crippen molar-refractivity contribution in [3.8, 4) is 5.75 Å². The van der Waals surface area contributed by atoms with Crippen molar-refractivity contribution in [3.05, 3.63) is 65.0 Å². The van der Waals surface area contributed by atoms with E-state index in [1.54, 1.807) is 6.92 Å². The highest BCUT2D eigenvalue weighted by Gasteiger charge is 2.37. The highest BCUT2D eigenvalue weighted by atomic mass is 19.4. The van der Waals surface area contributed by atoms with E-state index >= 15 is 0 Å². The van der Waals surface area contributed by atoms with Gasteiger partial charge in [-0.15, -0.1) is 0 Å². The van der Waals surface area contributed by atoms with Crippen LogP contribution in [-0.4, -0.2) is 39.4 Å². The number of phenols is 1. The number of aromatic hydroxyl groups is 1. The van der Waals surface area contributed by atoms with Crippen LogP contribution in [0.5, 0.6) is 5.75 Å². The third-order valence-corrected chi connectivity index (χ3v) is 5.72. The Balaban J connectivity index is 1.66. The molecule has 29 heavy (non-hydrogen) atoms. The predicted octanol–water partition coefficient (Wildman–Crippen LogP) is 3.96. The van der Waals surface area contributed by atoms with Crippen LogP contribution in [0.3, 0.4) is 0 Å². The first-order valence-electron chi connectivity index (χ1n) is 9.32. The maximum absolute atomic E-state index is 13.6. The van der Waals surface area contributed by atoms with Crippen LogP contribution < -0.4 is 0 Å². The zero-order valence-electron chi connectivity index (χ0n) is 15.8. The first-order valence-corrected chi connectivity index (χ1v) is 9.32. The number of aliphatic hydroxyl groups is 2. The van der Waals surface area contributed by atoms with Crippen molar-refractivity contribution in [1.29, 1.82) is 0 Å². The fourth-order valence-electron chi connectivity index (χ4n) is 3.74. The fourth-order valence-corrected chi connectivity index (χ4v) is 3.74. The van der Waals surface area contributed by atoms with Crippen LogP contribution in [-0.2, 0) is 11.8 Å². The van der Waals surface area contributed by atoms with Crippen molar-refractivity contribution in [2.45, 2.75) is 43.7 Å². The van der Waals surface area contributed by atoms with E-state index in [0.29, 0.717) is 37.1 Å². The molecule has 158 valence electrons. The zero-order chi connectivity index (χ0) is 21.4. The minimum absolute atomic E-state index is 0.291. The molecule has 4 nitrogen and oxygen atoms in total. The van der Waals surface area contributed by atoms with Crippen LogP contribution in [0, 0.1) is 5.82 Å². The Morgan fingerprint density at radius 3 is 2.14 bits per heavy atom. The highest BCUT2D eigenvalue weighted by Crippen LogP contribution is 2.37. The van der Waals surface area contributed by atoms with Crippen LogP contribution in [0.4, 0.5) is 17.6 Å². The summed E-state index contributed by atoms with van der Waals surface area (Å²) in [6.07, 6.45) is -4.84. The van der Waals surface area contributed by atoms with Crippen molar-refractivity contribution in [1.82, 2.24) is 4.90 Å². The second kappa shape index (κ2) is 7.93. The molecule has 0 amide bonds. The summed E-state index contributed by atoms with van der Waals surface area (Å²) in [5.74, 6) is -1.31. The number of hydrogen-bond acceptors (Lipinski definition) is 4. The van der Waals surface area contributed by atoms with Crippen molar-refractivity contribution in [2.75, 3.05) is 13.1 Å². The summed E-state index contributed by atoms with van der Waals surface area (Å²) in [5.41, 5.74) is -1.24. The lowest BCUT2D eigenvalue weighted by Crippen LogP contribution is -2.47. The Morgan fingerprint density at radius 2 is 1.62 bits per heavy atom. The molecule has 1 fully saturated rings. The molecule has 0 unspecified atom stereocenters. The van der Waals surface area contributed by atoms with Crippen LogP contribution >= 0.6 is 0 Å². The third-order valence-electron chi connectivity index (χ3n) is 5.72. The second-order valence-electron chi connectivity index (χ2n) is 7.54. The van der Waals surface area contributed by atoms with E-state index in [9.17, 15) is 32.9 Å². The molecule has 0 aliphatic carbocycles. The average molecular weight is 413 g/mol. The number of benzene rings is 2. The lowest BCUT2D eigenvalue weighted by atomic mass is 9.83. The molecule has 1 heterocycles. The Hall–Kier alpha value is -2.16. The number of phenolic OH excluding ortho intramolecular Hbond substituents is 1. The van der Waals surface area contributed by atoms with Gasteiger partial charge >= 0.3 is 6.18 Å². The Labute approximate surface area is 166 Å². The molecule has 1 aliphatic heterocycles. The van der Waals surface area contributed by atoms with Crippen molar-refractivity contribution < 1.29 is 32.9 Å². The summed E-state index contributed by atoms with van der Waals surface area (Å²) in [4.78, 5) is 1.94. The number of halogens is 4. The summed E-state index contributed by atoms with van der Waals surface area (Å²) in [7, 11) is 0. The molecule has 3 N–H and O–H groups in total. The summed E-state index contributed by atoms with van der Waals surface area (Å²) < 4.78 is 51.7. The monoisotopic (exact) mass is 413 g/mol. The molecule has 1 aliphatic rings. The largest absolute Gasteiger partial charge is 0.505 e. The molecule has 0 radical (unpaired) electrons. The lowest BCUT2D eigenvalue weighted by molar-refractivity contribution is -0.137. The molecule has 1 saturated heterocycles. The highest BCUT2D eigenvalue weighted by molar-refractivity contribution is 5.31. The molecule has 2 atom stereocenters. The van der Waals surface area contributed by atoms with Crippen LogP contribution in [0.1, 0.15) is 42.6 Å². The quantitative estimate of drug-likeness (QED) is 0.664. The molecular weight excluding hydrogens is 390 g/mol. The normalized spacial score (nSPS) is 19.7. The Bertz CT molecular complexity index is 846. The maximum Gasteiger partial charge on any atom is 0.416 e. The van der Waals surface area contributed by atoms with Gasteiger partial charge in [0.25, 0.3) is 0 Å². The number of nitrogens with zero attached hydrogens (tertiary/aromatic N) is 1. The van der Waals surface area contributed by atoms with E-state index in [2.05, 4.69) is 0 Å². The average Bonchev–Trinajstić information content (AvgIpc) is 2.69. The SMILES string of the molecule is C[C@H]([C@H](O)c1ccc(O)c(F)c1)N1CCC(O)(c2ccc(C(F)(F)F)cc2)CC1. The Morgan fingerprint density at radius 1 is 1.03 bits per heavy atom. The van der Waals surface area contributed by atoms with E-state index in [1.807, 2.05) is 4.90 Å². The second-order valence-corrected chi connectivity index (χ2v) is 7.54. The van der Waals surface area contributed by atoms with Crippen molar-refractivity contribution in [2.24, 2.45) is 0 Å². The van der Waals surface area contributed by atoms with E-state index in [-0.39, 0.29) is 6.04 Å². The number of piperidine rings is 1. The molecule has 2 aromatic carbocycles. The van der Waals surface area contributed by atoms with Gasteiger partial charge < -0.3 is 15.3 Å². The van der Waals surface area contributed by atoms with Gasteiger partial charge in [-0.25, -0.2) is 4.39 Å². The molecule has 3 rings (SSSR count). The van der Waals surface area contributed by atoms with Crippen LogP contribution in [0.25, 0.3) is 0 Å². The summed E-state index contributed by atoms with van der Waals surface area (Å²) in [6.45, 7) is 2.60. The van der Waals surface area contributed by atoms with Crippen molar-refractivity contribution >= 4 is 0 Å². The number of rotatable bonds is 4. The van der Waals surface area contributed by atoms with Gasteiger partial charge in [-0.3, -0.25) is 4.90 Å². The fraction of sp³-hybridized carbons (Fsp3) is 0.429. The molecule has 0 aromatic heterocycles. The molecule has 0 bridgehead atoms. The minimum Gasteiger partial charge on any atom is -0.505 e. The van der Waals surface area contributed by atoms with Crippen LogP contribution in [0.2, 0.25) is 0 Å². The number of likely N-dealkylation sites (tertiary alicyclic amines) is 1. The lowest BCUT2D eigenvalue weighted by Gasteiger charge is -2.42. The van der Waals surface area contributed by atoms with Crippen LogP contribution in [0.15, 0.2) is 42.5 Å².